The molecule has 1 saturated heterocycles. The summed E-state index contributed by atoms with van der Waals surface area (Å²) in [5.74, 6) is 0.0842. The van der Waals surface area contributed by atoms with Crippen LogP contribution in [0, 0.1) is 0 Å². The highest BCUT2D eigenvalue weighted by Crippen LogP contribution is 2.31. The predicted octanol–water partition coefficient (Wildman–Crippen LogP) is 3.02. The molecule has 0 aliphatic carbocycles. The van der Waals surface area contributed by atoms with Crippen molar-refractivity contribution in [2.75, 3.05) is 18.5 Å². The number of carbonyl (C=O) groups excluding carboxylic acids is 1. The van der Waals surface area contributed by atoms with Crippen molar-refractivity contribution in [3.05, 3.63) is 17.5 Å². The number of hydrogen-bond donors (Lipinski definition) is 2. The van der Waals surface area contributed by atoms with E-state index in [1.54, 1.807) is 0 Å². The first-order chi connectivity index (χ1) is 13.2. The second kappa shape index (κ2) is 9.17. The minimum Gasteiger partial charge on any atom is -0.381 e. The van der Waals surface area contributed by atoms with Crippen LogP contribution in [0.4, 0.5) is 5.69 Å². The van der Waals surface area contributed by atoms with Gasteiger partial charge in [0.15, 0.2) is 5.65 Å². The zero-order chi connectivity index (χ0) is 19.2. The van der Waals surface area contributed by atoms with Crippen LogP contribution in [0.5, 0.6) is 0 Å². The van der Waals surface area contributed by atoms with Gasteiger partial charge in [0.25, 0.3) is 0 Å². The Morgan fingerprint density at radius 3 is 2.74 bits per heavy atom. The van der Waals surface area contributed by atoms with Crippen LogP contribution in [0.3, 0.4) is 0 Å². The summed E-state index contributed by atoms with van der Waals surface area (Å²) in [7, 11) is 0. The van der Waals surface area contributed by atoms with E-state index in [4.69, 9.17) is 9.72 Å². The van der Waals surface area contributed by atoms with E-state index < -0.39 is 0 Å². The number of nitrogens with zero attached hydrogens (tertiary/aromatic N) is 3. The average Bonchev–Trinajstić information content (AvgIpc) is 3.10. The van der Waals surface area contributed by atoms with Gasteiger partial charge in [-0.2, -0.15) is 5.10 Å². The summed E-state index contributed by atoms with van der Waals surface area (Å²) in [4.78, 5) is 16.9. The van der Waals surface area contributed by atoms with Crippen LogP contribution in [0.25, 0.3) is 11.0 Å². The topological polar surface area (TPSA) is 81.1 Å². The molecule has 0 spiro atoms. The highest BCUT2D eigenvalue weighted by Gasteiger charge is 2.21. The Morgan fingerprint density at radius 2 is 2.07 bits per heavy atom. The molecule has 7 heteroatoms. The number of anilines is 1. The van der Waals surface area contributed by atoms with E-state index in [0.717, 1.165) is 73.4 Å². The first-order valence-electron chi connectivity index (χ1n) is 10.2. The summed E-state index contributed by atoms with van der Waals surface area (Å²) in [5, 5.41) is 12.3. The number of ether oxygens (including phenoxy) is 1. The monoisotopic (exact) mass is 373 g/mol. The van der Waals surface area contributed by atoms with E-state index in [1.807, 2.05) is 17.8 Å². The van der Waals surface area contributed by atoms with Gasteiger partial charge in [0.1, 0.15) is 0 Å². The largest absolute Gasteiger partial charge is 0.381 e. The van der Waals surface area contributed by atoms with Gasteiger partial charge < -0.3 is 15.4 Å². The lowest BCUT2D eigenvalue weighted by Gasteiger charge is -2.26. The molecule has 0 bridgehead atoms. The molecule has 1 aliphatic rings. The highest BCUT2D eigenvalue weighted by molar-refractivity contribution is 5.91. The molecule has 27 heavy (non-hydrogen) atoms. The Balaban J connectivity index is 2.00. The molecule has 1 aliphatic heterocycles. The maximum absolute atomic E-state index is 12.0. The summed E-state index contributed by atoms with van der Waals surface area (Å²) >= 11 is 0. The normalized spacial score (nSPS) is 15.2. The molecule has 1 amide bonds. The Labute approximate surface area is 160 Å². The molecule has 3 rings (SSSR count). The molecule has 0 atom stereocenters. The van der Waals surface area contributed by atoms with Gasteiger partial charge in [-0.1, -0.05) is 13.8 Å². The number of nitrogens with one attached hydrogen (secondary N) is 2. The Kier molecular flexibility index (Phi) is 6.66. The number of fused-ring (bicyclic) bond motifs is 1. The Hall–Kier alpha value is -2.15. The van der Waals surface area contributed by atoms with E-state index in [2.05, 4.69) is 29.6 Å². The van der Waals surface area contributed by atoms with Gasteiger partial charge in [0.05, 0.1) is 17.3 Å². The average molecular weight is 374 g/mol. The highest BCUT2D eigenvalue weighted by atomic mass is 16.5. The molecule has 1 fully saturated rings. The second-order valence-electron chi connectivity index (χ2n) is 7.02. The Morgan fingerprint density at radius 1 is 1.30 bits per heavy atom. The van der Waals surface area contributed by atoms with Gasteiger partial charge in [-0.15, -0.1) is 0 Å². The number of amides is 1. The fraction of sp³-hybridized carbons (Fsp3) is 0.650. The van der Waals surface area contributed by atoms with Crippen LogP contribution < -0.4 is 10.6 Å². The maximum atomic E-state index is 12.0. The lowest BCUT2D eigenvalue weighted by Crippen LogP contribution is -2.30. The van der Waals surface area contributed by atoms with Gasteiger partial charge in [-0.05, 0) is 32.6 Å². The van der Waals surface area contributed by atoms with Crippen molar-refractivity contribution in [2.24, 2.45) is 0 Å². The third-order valence-corrected chi connectivity index (χ3v) is 5.12. The summed E-state index contributed by atoms with van der Waals surface area (Å²) < 4.78 is 7.44. The first-order valence-corrected chi connectivity index (χ1v) is 10.2. The molecule has 3 heterocycles. The fourth-order valence-corrected chi connectivity index (χ4v) is 3.60. The molecule has 148 valence electrons. The molecule has 0 saturated carbocycles. The number of pyridine rings is 1. The maximum Gasteiger partial charge on any atom is 0.220 e. The molecule has 2 N–H and O–H groups in total. The quantitative estimate of drug-likeness (QED) is 0.743. The van der Waals surface area contributed by atoms with E-state index in [1.165, 1.54) is 0 Å². The molecular weight excluding hydrogens is 342 g/mol. The van der Waals surface area contributed by atoms with Crippen LogP contribution in [-0.4, -0.2) is 39.9 Å². The molecule has 7 nitrogen and oxygen atoms in total. The SMILES string of the molecule is CCCC(=O)NCc1c(CC)nc2c(cnn2CC)c1NC1CCOCC1. The van der Waals surface area contributed by atoms with Crippen LogP contribution in [0.15, 0.2) is 6.20 Å². The molecule has 0 aromatic carbocycles. The van der Waals surface area contributed by atoms with Gasteiger partial charge in [0, 0.05) is 50.0 Å². The lowest BCUT2D eigenvalue weighted by atomic mass is 10.0. The molecule has 0 radical (unpaired) electrons. The van der Waals surface area contributed by atoms with Crippen LogP contribution in [-0.2, 0) is 29.0 Å². The summed E-state index contributed by atoms with van der Waals surface area (Å²) in [5.41, 5.74) is 4.08. The standard InChI is InChI=1S/C20H31N5O2/c1-4-7-18(26)21-12-15-17(5-2)24-20-16(13-22-25(20)6-3)19(15)23-14-8-10-27-11-9-14/h13-14H,4-12H2,1-3H3,(H,21,26)(H,23,24). The lowest BCUT2D eigenvalue weighted by molar-refractivity contribution is -0.121. The number of hydrogen-bond acceptors (Lipinski definition) is 5. The molecule has 0 unspecified atom stereocenters. The van der Waals surface area contributed by atoms with Crippen LogP contribution >= 0.6 is 0 Å². The predicted molar refractivity (Wildman–Crippen MR) is 107 cm³/mol. The molecule has 2 aromatic rings. The van der Waals surface area contributed by atoms with Gasteiger partial charge >= 0.3 is 0 Å². The van der Waals surface area contributed by atoms with Gasteiger partial charge in [-0.25, -0.2) is 9.67 Å². The fourth-order valence-electron chi connectivity index (χ4n) is 3.60. The number of aryl methyl sites for hydroxylation is 2. The first kappa shape index (κ1) is 19.6. The summed E-state index contributed by atoms with van der Waals surface area (Å²) in [6, 6.07) is 0.365. The Bertz CT molecular complexity index is 780. The molecule has 2 aromatic heterocycles. The number of carbonyl (C=O) groups is 1. The van der Waals surface area contributed by atoms with Crippen molar-refractivity contribution >= 4 is 22.6 Å². The zero-order valence-electron chi connectivity index (χ0n) is 16.7. The summed E-state index contributed by atoms with van der Waals surface area (Å²) in [6.07, 6.45) is 6.06. The van der Waals surface area contributed by atoms with Crippen molar-refractivity contribution < 1.29 is 9.53 Å². The van der Waals surface area contributed by atoms with Crippen molar-refractivity contribution in [1.82, 2.24) is 20.1 Å². The van der Waals surface area contributed by atoms with E-state index >= 15 is 0 Å². The minimum atomic E-state index is 0.0842. The third kappa shape index (κ3) is 4.40. The van der Waals surface area contributed by atoms with Crippen molar-refractivity contribution in [3.63, 3.8) is 0 Å². The zero-order valence-corrected chi connectivity index (χ0v) is 16.7. The van der Waals surface area contributed by atoms with E-state index in [-0.39, 0.29) is 5.91 Å². The van der Waals surface area contributed by atoms with E-state index in [0.29, 0.717) is 19.0 Å². The van der Waals surface area contributed by atoms with Gasteiger partial charge in [0.2, 0.25) is 5.91 Å². The minimum absolute atomic E-state index is 0.0842. The second-order valence-corrected chi connectivity index (χ2v) is 7.02. The van der Waals surface area contributed by atoms with E-state index in [9.17, 15) is 4.79 Å². The summed E-state index contributed by atoms with van der Waals surface area (Å²) in [6.45, 7) is 9.03. The smallest absolute Gasteiger partial charge is 0.220 e. The number of aromatic nitrogens is 3. The van der Waals surface area contributed by atoms with Crippen molar-refractivity contribution in [2.45, 2.75) is 72.0 Å². The van der Waals surface area contributed by atoms with Crippen LogP contribution in [0.1, 0.15) is 57.7 Å². The van der Waals surface area contributed by atoms with Crippen molar-refractivity contribution in [1.29, 1.82) is 0 Å². The van der Waals surface area contributed by atoms with Gasteiger partial charge in [-0.3, -0.25) is 4.79 Å². The van der Waals surface area contributed by atoms with Crippen molar-refractivity contribution in [3.8, 4) is 0 Å². The van der Waals surface area contributed by atoms with Crippen LogP contribution in [0.2, 0.25) is 0 Å². The number of rotatable bonds is 8. The molecular formula is C20H31N5O2. The third-order valence-electron chi connectivity index (χ3n) is 5.12.